The molecule has 74 valence electrons. The highest BCUT2D eigenvalue weighted by molar-refractivity contribution is 7.99. The van der Waals surface area contributed by atoms with Crippen LogP contribution in [0.1, 0.15) is 19.8 Å². The zero-order valence-electron chi connectivity index (χ0n) is 8.38. The van der Waals surface area contributed by atoms with E-state index in [1.807, 2.05) is 18.1 Å². The maximum Gasteiger partial charge on any atom is 0.235 e. The number of piperidine rings is 1. The number of likely N-dealkylation sites (tertiary alicyclic amines) is 1. The molecule has 0 aromatic rings. The van der Waals surface area contributed by atoms with Crippen molar-refractivity contribution in [3.8, 4) is 0 Å². The molecule has 1 unspecified atom stereocenters. The van der Waals surface area contributed by atoms with Crippen LogP contribution in [-0.2, 0) is 4.79 Å². The molecule has 2 nitrogen and oxygen atoms in total. The van der Waals surface area contributed by atoms with E-state index in [4.69, 9.17) is 0 Å². The summed E-state index contributed by atoms with van der Waals surface area (Å²) in [5, 5.41) is 0.103. The Morgan fingerprint density at radius 1 is 1.54 bits per heavy atom. The van der Waals surface area contributed by atoms with Gasteiger partial charge in [0.25, 0.3) is 0 Å². The monoisotopic (exact) mass is 199 g/mol. The smallest absolute Gasteiger partial charge is 0.235 e. The van der Waals surface area contributed by atoms with E-state index in [0.29, 0.717) is 0 Å². The van der Waals surface area contributed by atoms with Crippen LogP contribution in [0.15, 0.2) is 12.2 Å². The molecule has 1 atom stereocenters. The van der Waals surface area contributed by atoms with Crippen LogP contribution in [0.25, 0.3) is 0 Å². The fraction of sp³-hybridized carbons (Fsp3) is 0.700. The molecule has 1 saturated heterocycles. The topological polar surface area (TPSA) is 20.3 Å². The summed E-state index contributed by atoms with van der Waals surface area (Å²) in [6.07, 6.45) is 3.94. The highest BCUT2D eigenvalue weighted by Gasteiger charge is 2.21. The molecule has 0 saturated carbocycles. The Labute approximate surface area is 84.4 Å². The van der Waals surface area contributed by atoms with Crippen LogP contribution in [0.2, 0.25) is 0 Å². The van der Waals surface area contributed by atoms with Gasteiger partial charge in [-0.05, 0) is 26.0 Å². The second-order valence-corrected chi connectivity index (χ2v) is 4.63. The van der Waals surface area contributed by atoms with Gasteiger partial charge in [-0.1, -0.05) is 12.2 Å². The fourth-order valence-corrected chi connectivity index (χ4v) is 1.75. The van der Waals surface area contributed by atoms with Crippen molar-refractivity contribution >= 4 is 17.7 Å². The van der Waals surface area contributed by atoms with Gasteiger partial charge < -0.3 is 4.90 Å². The molecule has 1 rings (SSSR count). The SMILES string of the molecule is C=C1CCN(C(=O)C(C)SC)CC1. The molecule has 0 bridgehead atoms. The summed E-state index contributed by atoms with van der Waals surface area (Å²) in [7, 11) is 0. The first-order chi connectivity index (χ1) is 6.15. The van der Waals surface area contributed by atoms with Crippen LogP contribution in [0.4, 0.5) is 0 Å². The molecule has 0 aliphatic carbocycles. The van der Waals surface area contributed by atoms with Gasteiger partial charge in [0.05, 0.1) is 5.25 Å². The first-order valence-corrected chi connectivity index (χ1v) is 5.92. The number of carbonyl (C=O) groups excluding carboxylic acids is 1. The van der Waals surface area contributed by atoms with E-state index in [-0.39, 0.29) is 11.2 Å². The molecule has 0 N–H and O–H groups in total. The van der Waals surface area contributed by atoms with Crippen molar-refractivity contribution in [2.75, 3.05) is 19.3 Å². The van der Waals surface area contributed by atoms with Crippen LogP contribution in [-0.4, -0.2) is 35.4 Å². The molecule has 0 aromatic heterocycles. The number of nitrogens with zero attached hydrogens (tertiary/aromatic N) is 1. The zero-order chi connectivity index (χ0) is 9.84. The van der Waals surface area contributed by atoms with Gasteiger partial charge in [0.1, 0.15) is 0 Å². The highest BCUT2D eigenvalue weighted by atomic mass is 32.2. The van der Waals surface area contributed by atoms with Crippen molar-refractivity contribution in [1.82, 2.24) is 4.90 Å². The molecule has 1 heterocycles. The Balaban J connectivity index is 2.44. The number of carbonyl (C=O) groups is 1. The van der Waals surface area contributed by atoms with Gasteiger partial charge in [-0.2, -0.15) is 11.8 Å². The Hall–Kier alpha value is -0.440. The maximum atomic E-state index is 11.7. The second-order valence-electron chi connectivity index (χ2n) is 3.45. The molecule has 1 amide bonds. The summed E-state index contributed by atoms with van der Waals surface area (Å²) in [6, 6.07) is 0. The van der Waals surface area contributed by atoms with Gasteiger partial charge in [-0.3, -0.25) is 4.79 Å². The van der Waals surface area contributed by atoms with Crippen LogP contribution in [0.3, 0.4) is 0 Å². The lowest BCUT2D eigenvalue weighted by Gasteiger charge is -2.29. The van der Waals surface area contributed by atoms with E-state index >= 15 is 0 Å². The van der Waals surface area contributed by atoms with Gasteiger partial charge in [0.15, 0.2) is 0 Å². The third kappa shape index (κ3) is 2.76. The van der Waals surface area contributed by atoms with Crippen molar-refractivity contribution in [2.24, 2.45) is 0 Å². The molecule has 0 spiro atoms. The van der Waals surface area contributed by atoms with Gasteiger partial charge in [-0.25, -0.2) is 0 Å². The minimum absolute atomic E-state index is 0.103. The zero-order valence-corrected chi connectivity index (χ0v) is 9.19. The summed E-state index contributed by atoms with van der Waals surface area (Å²) in [5.41, 5.74) is 1.28. The van der Waals surface area contributed by atoms with Crippen LogP contribution >= 0.6 is 11.8 Å². The molecule has 3 heteroatoms. The summed E-state index contributed by atoms with van der Waals surface area (Å²) >= 11 is 1.61. The average Bonchev–Trinajstić information content (AvgIpc) is 2.17. The molecule has 0 aromatic carbocycles. The largest absolute Gasteiger partial charge is 0.341 e. The van der Waals surface area contributed by atoms with E-state index < -0.39 is 0 Å². The molecule has 0 radical (unpaired) electrons. The Kier molecular flexibility index (Phi) is 3.85. The Morgan fingerprint density at radius 2 is 2.08 bits per heavy atom. The summed E-state index contributed by atoms with van der Waals surface area (Å²) in [5.74, 6) is 0.278. The quantitative estimate of drug-likeness (QED) is 0.633. The number of hydrogen-bond donors (Lipinski definition) is 0. The van der Waals surface area contributed by atoms with Crippen LogP contribution in [0.5, 0.6) is 0 Å². The third-order valence-corrected chi connectivity index (χ3v) is 3.39. The summed E-state index contributed by atoms with van der Waals surface area (Å²) < 4.78 is 0. The van der Waals surface area contributed by atoms with Crippen molar-refractivity contribution in [1.29, 1.82) is 0 Å². The Bertz CT molecular complexity index is 205. The lowest BCUT2D eigenvalue weighted by Crippen LogP contribution is -2.40. The lowest BCUT2D eigenvalue weighted by atomic mass is 10.1. The minimum atomic E-state index is 0.103. The van der Waals surface area contributed by atoms with Gasteiger partial charge in [0.2, 0.25) is 5.91 Å². The van der Waals surface area contributed by atoms with Gasteiger partial charge in [0, 0.05) is 13.1 Å². The van der Waals surface area contributed by atoms with Gasteiger partial charge in [-0.15, -0.1) is 0 Å². The van der Waals surface area contributed by atoms with E-state index in [2.05, 4.69) is 6.58 Å². The average molecular weight is 199 g/mol. The summed E-state index contributed by atoms with van der Waals surface area (Å²) in [6.45, 7) is 7.63. The fourth-order valence-electron chi connectivity index (χ4n) is 1.40. The van der Waals surface area contributed by atoms with Crippen molar-refractivity contribution < 1.29 is 4.79 Å². The lowest BCUT2D eigenvalue weighted by molar-refractivity contribution is -0.130. The number of hydrogen-bond acceptors (Lipinski definition) is 2. The van der Waals surface area contributed by atoms with Crippen molar-refractivity contribution in [3.63, 3.8) is 0 Å². The molecule has 13 heavy (non-hydrogen) atoms. The first-order valence-electron chi connectivity index (χ1n) is 4.63. The molecular weight excluding hydrogens is 182 g/mol. The van der Waals surface area contributed by atoms with E-state index in [0.717, 1.165) is 25.9 Å². The predicted octanol–water partition coefficient (Wildman–Crippen LogP) is 1.92. The van der Waals surface area contributed by atoms with E-state index in [1.165, 1.54) is 5.57 Å². The number of rotatable bonds is 2. The van der Waals surface area contributed by atoms with Crippen molar-refractivity contribution in [2.45, 2.75) is 25.0 Å². The number of thioether (sulfide) groups is 1. The predicted molar refractivity (Wildman–Crippen MR) is 57.9 cm³/mol. The van der Waals surface area contributed by atoms with Gasteiger partial charge >= 0.3 is 0 Å². The first kappa shape index (κ1) is 10.6. The highest BCUT2D eigenvalue weighted by Crippen LogP contribution is 2.17. The van der Waals surface area contributed by atoms with E-state index in [1.54, 1.807) is 11.8 Å². The maximum absolute atomic E-state index is 11.7. The van der Waals surface area contributed by atoms with E-state index in [9.17, 15) is 4.79 Å². The molecule has 1 fully saturated rings. The molecular formula is C10H17NOS. The summed E-state index contributed by atoms with van der Waals surface area (Å²) in [4.78, 5) is 13.7. The normalized spacial score (nSPS) is 20.2. The van der Waals surface area contributed by atoms with Crippen LogP contribution < -0.4 is 0 Å². The third-order valence-electron chi connectivity index (χ3n) is 2.48. The second kappa shape index (κ2) is 4.70. The standard InChI is InChI=1S/C10H17NOS/c1-8-4-6-11(7-5-8)10(12)9(2)13-3/h9H,1,4-7H2,2-3H3. The van der Waals surface area contributed by atoms with Crippen LogP contribution in [0, 0.1) is 0 Å². The van der Waals surface area contributed by atoms with Crippen molar-refractivity contribution in [3.05, 3.63) is 12.2 Å². The molecule has 1 aliphatic heterocycles. The Morgan fingerprint density at radius 3 is 2.54 bits per heavy atom. The molecule has 1 aliphatic rings. The number of amides is 1. The minimum Gasteiger partial charge on any atom is -0.341 e.